The van der Waals surface area contributed by atoms with Crippen molar-refractivity contribution in [2.45, 2.75) is 53.5 Å². The summed E-state index contributed by atoms with van der Waals surface area (Å²) in [5.74, 6) is 1.99. The van der Waals surface area contributed by atoms with Crippen LogP contribution in [0.4, 0.5) is 0 Å². The van der Waals surface area contributed by atoms with Crippen LogP contribution in [0, 0.1) is 12.3 Å². The highest BCUT2D eigenvalue weighted by Crippen LogP contribution is 2.35. The Morgan fingerprint density at radius 2 is 1.92 bits per heavy atom. The average molecular weight is 513 g/mol. The smallest absolute Gasteiger partial charge is 0.328 e. The number of aromatic nitrogens is 1. The highest BCUT2D eigenvalue weighted by Gasteiger charge is 2.36. The Morgan fingerprint density at radius 3 is 2.61 bits per heavy atom. The van der Waals surface area contributed by atoms with Gasteiger partial charge in [-0.15, -0.1) is 12.4 Å². The lowest BCUT2D eigenvalue weighted by atomic mass is 9.88. The minimum atomic E-state index is -0.410. The SMILES string of the molecule is CCOC(=O)C1c2cc(OCCc3nc(-c4ccccc4)oc3C)ccc2CCN1CC(C)(C)C.Cl. The predicted octanol–water partition coefficient (Wildman–Crippen LogP) is 6.20. The van der Waals surface area contributed by atoms with Crippen LogP contribution in [0.2, 0.25) is 0 Å². The number of halogens is 1. The Bertz CT molecular complexity index is 1150. The van der Waals surface area contributed by atoms with Crippen LogP contribution in [0.1, 0.15) is 56.3 Å². The topological polar surface area (TPSA) is 64.8 Å². The third-order valence-corrected chi connectivity index (χ3v) is 6.15. The number of hydrogen-bond acceptors (Lipinski definition) is 6. The van der Waals surface area contributed by atoms with E-state index in [-0.39, 0.29) is 23.8 Å². The number of carbonyl (C=O) groups is 1. The number of ether oxygens (including phenoxy) is 2. The molecule has 6 nitrogen and oxygen atoms in total. The van der Waals surface area contributed by atoms with E-state index in [2.05, 4.69) is 36.7 Å². The summed E-state index contributed by atoms with van der Waals surface area (Å²) in [5, 5.41) is 0. The molecule has 0 N–H and O–H groups in total. The van der Waals surface area contributed by atoms with Gasteiger partial charge < -0.3 is 13.9 Å². The third-order valence-electron chi connectivity index (χ3n) is 6.15. The summed E-state index contributed by atoms with van der Waals surface area (Å²) in [5.41, 5.74) is 4.09. The van der Waals surface area contributed by atoms with Gasteiger partial charge in [-0.05, 0) is 61.1 Å². The molecule has 0 saturated carbocycles. The summed E-state index contributed by atoms with van der Waals surface area (Å²) in [6.07, 6.45) is 1.54. The molecule has 0 radical (unpaired) electrons. The van der Waals surface area contributed by atoms with E-state index >= 15 is 0 Å². The van der Waals surface area contributed by atoms with Crippen molar-refractivity contribution in [3.63, 3.8) is 0 Å². The van der Waals surface area contributed by atoms with Crippen LogP contribution in [-0.2, 0) is 22.4 Å². The predicted molar refractivity (Wildman–Crippen MR) is 144 cm³/mol. The Hall–Kier alpha value is -2.83. The maximum absolute atomic E-state index is 13.0. The lowest BCUT2D eigenvalue weighted by Gasteiger charge is -2.39. The molecule has 1 atom stereocenters. The Balaban J connectivity index is 0.00000361. The summed E-state index contributed by atoms with van der Waals surface area (Å²) in [4.78, 5) is 19.9. The zero-order chi connectivity index (χ0) is 25.0. The quantitative estimate of drug-likeness (QED) is 0.335. The van der Waals surface area contributed by atoms with E-state index < -0.39 is 6.04 Å². The van der Waals surface area contributed by atoms with Gasteiger partial charge in [-0.25, -0.2) is 9.78 Å². The van der Waals surface area contributed by atoms with Crippen molar-refractivity contribution in [2.24, 2.45) is 5.41 Å². The van der Waals surface area contributed by atoms with Gasteiger partial charge in [0.15, 0.2) is 0 Å². The molecule has 0 aliphatic carbocycles. The first-order valence-electron chi connectivity index (χ1n) is 12.4. The van der Waals surface area contributed by atoms with Crippen molar-refractivity contribution in [1.82, 2.24) is 9.88 Å². The Kier molecular flexibility index (Phi) is 9.20. The number of fused-ring (bicyclic) bond motifs is 1. The highest BCUT2D eigenvalue weighted by molar-refractivity contribution is 5.85. The first-order chi connectivity index (χ1) is 16.7. The number of nitrogens with zero attached hydrogens (tertiary/aromatic N) is 2. The second-order valence-corrected chi connectivity index (χ2v) is 10.3. The lowest BCUT2D eigenvalue weighted by Crippen LogP contribution is -2.44. The van der Waals surface area contributed by atoms with Crippen LogP contribution >= 0.6 is 12.4 Å². The highest BCUT2D eigenvalue weighted by atomic mass is 35.5. The molecule has 2 aromatic carbocycles. The summed E-state index contributed by atoms with van der Waals surface area (Å²) in [6, 6.07) is 15.6. The number of hydrogen-bond donors (Lipinski definition) is 0. The maximum atomic E-state index is 13.0. The molecule has 1 aliphatic rings. The molecule has 0 bridgehead atoms. The largest absolute Gasteiger partial charge is 0.493 e. The second-order valence-electron chi connectivity index (χ2n) is 10.3. The molecule has 3 aromatic rings. The summed E-state index contributed by atoms with van der Waals surface area (Å²) >= 11 is 0. The van der Waals surface area contributed by atoms with Gasteiger partial charge in [0.25, 0.3) is 0 Å². The summed E-state index contributed by atoms with van der Waals surface area (Å²) < 4.78 is 17.5. The van der Waals surface area contributed by atoms with E-state index in [0.717, 1.165) is 47.8 Å². The van der Waals surface area contributed by atoms with Gasteiger partial charge in [-0.2, -0.15) is 0 Å². The van der Waals surface area contributed by atoms with Crippen molar-refractivity contribution in [3.8, 4) is 17.2 Å². The molecule has 7 heteroatoms. The van der Waals surface area contributed by atoms with Crippen LogP contribution in [0.25, 0.3) is 11.5 Å². The van der Waals surface area contributed by atoms with Crippen molar-refractivity contribution >= 4 is 18.4 Å². The van der Waals surface area contributed by atoms with Gasteiger partial charge in [0.2, 0.25) is 5.89 Å². The van der Waals surface area contributed by atoms with Gasteiger partial charge in [0, 0.05) is 25.1 Å². The van der Waals surface area contributed by atoms with Crippen molar-refractivity contribution < 1.29 is 18.7 Å². The molecule has 0 fully saturated rings. The van der Waals surface area contributed by atoms with Crippen molar-refractivity contribution in [3.05, 3.63) is 71.1 Å². The van der Waals surface area contributed by atoms with E-state index in [1.165, 1.54) is 5.56 Å². The Morgan fingerprint density at radius 1 is 1.17 bits per heavy atom. The lowest BCUT2D eigenvalue weighted by molar-refractivity contribution is -0.150. The van der Waals surface area contributed by atoms with Gasteiger partial charge in [-0.3, -0.25) is 4.90 Å². The molecule has 194 valence electrons. The average Bonchev–Trinajstić information content (AvgIpc) is 3.19. The number of rotatable bonds is 8. The molecule has 4 rings (SSSR count). The van der Waals surface area contributed by atoms with E-state index in [4.69, 9.17) is 13.9 Å². The fourth-order valence-electron chi connectivity index (χ4n) is 4.64. The molecule has 1 aromatic heterocycles. The fraction of sp³-hybridized carbons (Fsp3) is 0.448. The number of oxazole rings is 1. The molecule has 0 saturated heterocycles. The van der Waals surface area contributed by atoms with Crippen LogP contribution in [0.15, 0.2) is 52.9 Å². The normalized spacial score (nSPS) is 15.6. The van der Waals surface area contributed by atoms with Gasteiger partial charge >= 0.3 is 5.97 Å². The van der Waals surface area contributed by atoms with Crippen LogP contribution in [-0.4, -0.2) is 42.2 Å². The maximum Gasteiger partial charge on any atom is 0.328 e. The number of carbonyl (C=O) groups excluding carboxylic acids is 1. The monoisotopic (exact) mass is 512 g/mol. The standard InChI is InChI=1S/C29H36N2O4.ClH/c1-6-33-28(32)26-24-18-23(13-12-21(24)14-16-31(26)19-29(3,4)5)34-17-15-25-20(2)35-27(30-25)22-10-8-7-9-11-22;/h7-13,18,26H,6,14-17,19H2,1-5H3;1H. The number of esters is 1. The molecular formula is C29H37ClN2O4. The molecular weight excluding hydrogens is 476 g/mol. The first-order valence-corrected chi connectivity index (χ1v) is 12.4. The second kappa shape index (κ2) is 11.9. The molecule has 1 aliphatic heterocycles. The van der Waals surface area contributed by atoms with Crippen molar-refractivity contribution in [2.75, 3.05) is 26.3 Å². The molecule has 36 heavy (non-hydrogen) atoms. The first kappa shape index (κ1) is 27.8. The zero-order valence-electron chi connectivity index (χ0n) is 21.9. The van der Waals surface area contributed by atoms with Crippen LogP contribution in [0.5, 0.6) is 5.75 Å². The zero-order valence-corrected chi connectivity index (χ0v) is 22.7. The van der Waals surface area contributed by atoms with Gasteiger partial charge in [-0.1, -0.05) is 45.0 Å². The molecule has 0 amide bonds. The molecule has 2 heterocycles. The van der Waals surface area contributed by atoms with Gasteiger partial charge in [0.1, 0.15) is 17.6 Å². The van der Waals surface area contributed by atoms with E-state index in [0.29, 0.717) is 25.5 Å². The van der Waals surface area contributed by atoms with E-state index in [1.54, 1.807) is 0 Å². The minimum absolute atomic E-state index is 0. The van der Waals surface area contributed by atoms with Crippen molar-refractivity contribution in [1.29, 1.82) is 0 Å². The molecule has 0 spiro atoms. The van der Waals surface area contributed by atoms with E-state index in [9.17, 15) is 4.79 Å². The summed E-state index contributed by atoms with van der Waals surface area (Å²) in [6.45, 7) is 12.9. The Labute approximate surface area is 220 Å². The molecule has 1 unspecified atom stereocenters. The number of aryl methyl sites for hydroxylation is 1. The van der Waals surface area contributed by atoms with E-state index in [1.807, 2.05) is 56.3 Å². The van der Waals surface area contributed by atoms with Gasteiger partial charge in [0.05, 0.1) is 18.9 Å². The van der Waals surface area contributed by atoms with Crippen LogP contribution in [0.3, 0.4) is 0 Å². The summed E-state index contributed by atoms with van der Waals surface area (Å²) in [7, 11) is 0. The van der Waals surface area contributed by atoms with Crippen LogP contribution < -0.4 is 4.74 Å². The minimum Gasteiger partial charge on any atom is -0.493 e. The fourth-order valence-corrected chi connectivity index (χ4v) is 4.64. The number of benzene rings is 2. The third kappa shape index (κ3) is 6.68.